The number of ether oxygens (including phenoxy) is 2. The van der Waals surface area contributed by atoms with Crippen molar-refractivity contribution >= 4 is 40.3 Å². The molecule has 144 valence electrons. The second-order valence-corrected chi connectivity index (χ2v) is 7.30. The van der Waals surface area contributed by atoms with Gasteiger partial charge < -0.3 is 25.0 Å². The normalized spacial score (nSPS) is 16.1. The van der Waals surface area contributed by atoms with Crippen LogP contribution in [0.4, 0.5) is 11.4 Å². The van der Waals surface area contributed by atoms with Gasteiger partial charge in [-0.25, -0.2) is 0 Å². The monoisotopic (exact) mass is 405 g/mol. The van der Waals surface area contributed by atoms with Gasteiger partial charge in [0.1, 0.15) is 11.5 Å². The van der Waals surface area contributed by atoms with Crippen LogP contribution in [-0.4, -0.2) is 39.0 Å². The molecule has 1 atom stereocenters. The van der Waals surface area contributed by atoms with Crippen LogP contribution in [0.5, 0.6) is 11.5 Å². The molecule has 1 heterocycles. The SMILES string of the molecule is COc1ccc(N2CC[C@@H](CNC(=S)Nc3ccc(OC)c(Cl)c3)C2)cc1. The van der Waals surface area contributed by atoms with Crippen LogP contribution in [0.3, 0.4) is 0 Å². The molecular formula is C20H24ClN3O2S. The van der Waals surface area contributed by atoms with Crippen LogP contribution < -0.4 is 25.0 Å². The summed E-state index contributed by atoms with van der Waals surface area (Å²) in [6, 6.07) is 13.7. The first kappa shape index (κ1) is 19.6. The van der Waals surface area contributed by atoms with Gasteiger partial charge in [0.25, 0.3) is 0 Å². The van der Waals surface area contributed by atoms with Gasteiger partial charge in [-0.05, 0) is 67.0 Å². The van der Waals surface area contributed by atoms with E-state index in [0.717, 1.165) is 37.5 Å². The quantitative estimate of drug-likeness (QED) is 0.703. The van der Waals surface area contributed by atoms with E-state index in [0.29, 0.717) is 21.8 Å². The van der Waals surface area contributed by atoms with Crippen molar-refractivity contribution in [2.24, 2.45) is 5.92 Å². The van der Waals surface area contributed by atoms with Crippen molar-refractivity contribution in [1.82, 2.24) is 5.32 Å². The molecular weight excluding hydrogens is 382 g/mol. The van der Waals surface area contributed by atoms with Crippen LogP contribution in [0.25, 0.3) is 0 Å². The third-order valence-electron chi connectivity index (χ3n) is 4.68. The third kappa shape index (κ3) is 5.17. The molecule has 0 radical (unpaired) electrons. The molecule has 0 aromatic heterocycles. The molecule has 0 spiro atoms. The van der Waals surface area contributed by atoms with E-state index in [9.17, 15) is 0 Å². The lowest BCUT2D eigenvalue weighted by molar-refractivity contribution is 0.415. The van der Waals surface area contributed by atoms with Crippen LogP contribution in [0.2, 0.25) is 5.02 Å². The van der Waals surface area contributed by atoms with Crippen molar-refractivity contribution < 1.29 is 9.47 Å². The summed E-state index contributed by atoms with van der Waals surface area (Å²) in [5, 5.41) is 7.63. The third-order valence-corrected chi connectivity index (χ3v) is 5.23. The van der Waals surface area contributed by atoms with Crippen LogP contribution in [0.15, 0.2) is 42.5 Å². The fourth-order valence-corrected chi connectivity index (χ4v) is 3.64. The lowest BCUT2D eigenvalue weighted by atomic mass is 10.1. The summed E-state index contributed by atoms with van der Waals surface area (Å²) in [5.41, 5.74) is 2.07. The maximum absolute atomic E-state index is 6.14. The van der Waals surface area contributed by atoms with E-state index in [2.05, 4.69) is 27.7 Å². The van der Waals surface area contributed by atoms with Crippen LogP contribution in [0, 0.1) is 5.92 Å². The first-order valence-electron chi connectivity index (χ1n) is 8.86. The Morgan fingerprint density at radius 1 is 1.19 bits per heavy atom. The molecule has 0 amide bonds. The highest BCUT2D eigenvalue weighted by atomic mass is 35.5. The van der Waals surface area contributed by atoms with Crippen LogP contribution in [-0.2, 0) is 0 Å². The fourth-order valence-electron chi connectivity index (χ4n) is 3.18. The van der Waals surface area contributed by atoms with E-state index in [1.54, 1.807) is 20.3 Å². The molecule has 2 aromatic carbocycles. The summed E-state index contributed by atoms with van der Waals surface area (Å²) < 4.78 is 10.4. The number of hydrogen-bond acceptors (Lipinski definition) is 4. The van der Waals surface area contributed by atoms with E-state index in [-0.39, 0.29) is 0 Å². The summed E-state index contributed by atoms with van der Waals surface area (Å²) in [7, 11) is 3.28. The summed E-state index contributed by atoms with van der Waals surface area (Å²) >= 11 is 11.5. The number of hydrogen-bond donors (Lipinski definition) is 2. The molecule has 1 fully saturated rings. The molecule has 1 aliphatic heterocycles. The van der Waals surface area contributed by atoms with Gasteiger partial charge in [-0.15, -0.1) is 0 Å². The van der Waals surface area contributed by atoms with E-state index in [1.807, 2.05) is 24.3 Å². The molecule has 7 heteroatoms. The molecule has 27 heavy (non-hydrogen) atoms. The average molecular weight is 406 g/mol. The second kappa shape index (κ2) is 9.15. The number of rotatable bonds is 6. The maximum Gasteiger partial charge on any atom is 0.170 e. The van der Waals surface area contributed by atoms with Crippen molar-refractivity contribution in [2.75, 3.05) is 44.1 Å². The molecule has 0 unspecified atom stereocenters. The fraction of sp³-hybridized carbons (Fsp3) is 0.350. The molecule has 1 aliphatic rings. The number of anilines is 2. The number of nitrogens with zero attached hydrogens (tertiary/aromatic N) is 1. The minimum Gasteiger partial charge on any atom is -0.497 e. The summed E-state index contributed by atoms with van der Waals surface area (Å²) in [6.07, 6.45) is 1.13. The van der Waals surface area contributed by atoms with Gasteiger partial charge in [0, 0.05) is 31.0 Å². The number of thiocarbonyl (C=S) groups is 1. The van der Waals surface area contributed by atoms with Crippen molar-refractivity contribution in [3.05, 3.63) is 47.5 Å². The van der Waals surface area contributed by atoms with Crippen molar-refractivity contribution in [2.45, 2.75) is 6.42 Å². The van der Waals surface area contributed by atoms with E-state index < -0.39 is 0 Å². The molecule has 1 saturated heterocycles. The van der Waals surface area contributed by atoms with Gasteiger partial charge in [0.05, 0.1) is 19.2 Å². The topological polar surface area (TPSA) is 45.8 Å². The Hall–Kier alpha value is -2.18. The number of halogens is 1. The highest BCUT2D eigenvalue weighted by Gasteiger charge is 2.22. The zero-order valence-corrected chi connectivity index (χ0v) is 17.1. The summed E-state index contributed by atoms with van der Waals surface area (Å²) in [5.74, 6) is 2.07. The lowest BCUT2D eigenvalue weighted by Gasteiger charge is -2.19. The zero-order valence-electron chi connectivity index (χ0n) is 15.5. The van der Waals surface area contributed by atoms with Crippen molar-refractivity contribution in [3.63, 3.8) is 0 Å². The van der Waals surface area contributed by atoms with Gasteiger partial charge in [0.15, 0.2) is 5.11 Å². The van der Waals surface area contributed by atoms with Gasteiger partial charge >= 0.3 is 0 Å². The first-order valence-corrected chi connectivity index (χ1v) is 9.65. The average Bonchev–Trinajstić information content (AvgIpc) is 3.16. The summed E-state index contributed by atoms with van der Waals surface area (Å²) in [4.78, 5) is 2.39. The molecule has 0 aliphatic carbocycles. The summed E-state index contributed by atoms with van der Waals surface area (Å²) in [6.45, 7) is 2.89. The van der Waals surface area contributed by atoms with Gasteiger partial charge in [-0.1, -0.05) is 11.6 Å². The molecule has 0 bridgehead atoms. The Kier molecular flexibility index (Phi) is 6.63. The predicted octanol–water partition coefficient (Wildman–Crippen LogP) is 4.17. The largest absolute Gasteiger partial charge is 0.497 e. The molecule has 5 nitrogen and oxygen atoms in total. The van der Waals surface area contributed by atoms with Crippen molar-refractivity contribution in [3.8, 4) is 11.5 Å². The minimum atomic E-state index is 0.548. The zero-order chi connectivity index (χ0) is 19.2. The smallest absolute Gasteiger partial charge is 0.170 e. The van der Waals surface area contributed by atoms with Gasteiger partial charge in [0.2, 0.25) is 0 Å². The Balaban J connectivity index is 1.46. The first-order chi connectivity index (χ1) is 13.1. The van der Waals surface area contributed by atoms with Gasteiger partial charge in [-0.3, -0.25) is 0 Å². The Bertz CT molecular complexity index is 785. The van der Waals surface area contributed by atoms with Crippen LogP contribution >= 0.6 is 23.8 Å². The molecule has 2 N–H and O–H groups in total. The maximum atomic E-state index is 6.14. The highest BCUT2D eigenvalue weighted by molar-refractivity contribution is 7.80. The predicted molar refractivity (Wildman–Crippen MR) is 116 cm³/mol. The standard InChI is InChI=1S/C20H24ClN3O2S/c1-25-17-6-4-16(5-7-17)24-10-9-14(13-24)12-22-20(27)23-15-3-8-19(26-2)18(21)11-15/h3-8,11,14H,9-10,12-13H2,1-2H3,(H2,22,23,27)/t14-/m0/s1. The molecule has 3 rings (SSSR count). The lowest BCUT2D eigenvalue weighted by Crippen LogP contribution is -2.34. The number of methoxy groups -OCH3 is 2. The Morgan fingerprint density at radius 2 is 1.96 bits per heavy atom. The highest BCUT2D eigenvalue weighted by Crippen LogP contribution is 2.27. The number of benzene rings is 2. The van der Waals surface area contributed by atoms with E-state index >= 15 is 0 Å². The van der Waals surface area contributed by atoms with Crippen molar-refractivity contribution in [1.29, 1.82) is 0 Å². The second-order valence-electron chi connectivity index (χ2n) is 6.48. The minimum absolute atomic E-state index is 0.548. The Labute approximate surface area is 170 Å². The Morgan fingerprint density at radius 3 is 2.63 bits per heavy atom. The van der Waals surface area contributed by atoms with Crippen LogP contribution in [0.1, 0.15) is 6.42 Å². The number of nitrogens with one attached hydrogen (secondary N) is 2. The van der Waals surface area contributed by atoms with E-state index in [4.69, 9.17) is 33.3 Å². The van der Waals surface area contributed by atoms with Gasteiger partial charge in [-0.2, -0.15) is 0 Å². The molecule has 0 saturated carbocycles. The van der Waals surface area contributed by atoms with E-state index in [1.165, 1.54) is 5.69 Å². The molecule has 2 aromatic rings.